The van der Waals surface area contributed by atoms with E-state index in [0.717, 1.165) is 37.1 Å². The second-order valence-corrected chi connectivity index (χ2v) is 4.41. The third-order valence-electron chi connectivity index (χ3n) is 3.30. The molecular weight excluding hydrogens is 214 g/mol. The highest BCUT2D eigenvalue weighted by Gasteiger charge is 2.19. The smallest absolute Gasteiger partial charge is 0.224 e. The lowest BCUT2D eigenvalue weighted by Crippen LogP contribution is -2.42. The second-order valence-electron chi connectivity index (χ2n) is 4.41. The molecule has 3 heterocycles. The van der Waals surface area contributed by atoms with Crippen molar-refractivity contribution in [3.8, 4) is 0 Å². The van der Waals surface area contributed by atoms with E-state index in [2.05, 4.69) is 4.98 Å². The van der Waals surface area contributed by atoms with Crippen molar-refractivity contribution in [3.05, 3.63) is 30.6 Å². The molecule has 3 rings (SSSR count). The molecule has 1 saturated heterocycles. The lowest BCUT2D eigenvalue weighted by Gasteiger charge is -2.30. The number of aromatic nitrogens is 2. The van der Waals surface area contributed by atoms with Crippen molar-refractivity contribution in [1.29, 1.82) is 0 Å². The van der Waals surface area contributed by atoms with E-state index in [4.69, 9.17) is 0 Å². The highest BCUT2D eigenvalue weighted by atomic mass is 16.2. The van der Waals surface area contributed by atoms with Crippen LogP contribution in [0.3, 0.4) is 0 Å². The van der Waals surface area contributed by atoms with Crippen molar-refractivity contribution in [3.63, 3.8) is 0 Å². The Bertz CT molecular complexity index is 542. The number of amides is 1. The Hall–Kier alpha value is -1.84. The van der Waals surface area contributed by atoms with Crippen LogP contribution in [0, 0.1) is 0 Å². The molecular formula is C13H15N3O. The Morgan fingerprint density at radius 3 is 3.00 bits per heavy atom. The van der Waals surface area contributed by atoms with Gasteiger partial charge in [0.2, 0.25) is 5.91 Å². The van der Waals surface area contributed by atoms with Crippen LogP contribution in [-0.4, -0.2) is 33.4 Å². The number of carbonyl (C=O) groups excluding carboxylic acids is 1. The number of hydrogen-bond donors (Lipinski definition) is 0. The molecule has 0 aliphatic carbocycles. The minimum absolute atomic E-state index is 0.258. The van der Waals surface area contributed by atoms with Gasteiger partial charge in [-0.25, -0.2) is 4.98 Å². The zero-order chi connectivity index (χ0) is 11.7. The van der Waals surface area contributed by atoms with Crippen LogP contribution < -0.4 is 0 Å². The van der Waals surface area contributed by atoms with Gasteiger partial charge in [-0.2, -0.15) is 0 Å². The maximum Gasteiger partial charge on any atom is 0.224 e. The molecule has 0 unspecified atom stereocenters. The van der Waals surface area contributed by atoms with E-state index in [-0.39, 0.29) is 5.91 Å². The molecule has 0 saturated carbocycles. The van der Waals surface area contributed by atoms with Crippen molar-refractivity contribution in [2.45, 2.75) is 19.4 Å². The third kappa shape index (κ3) is 1.90. The Balaban J connectivity index is 1.70. The fourth-order valence-electron chi connectivity index (χ4n) is 2.14. The third-order valence-corrected chi connectivity index (χ3v) is 3.30. The van der Waals surface area contributed by atoms with E-state index < -0.39 is 0 Å². The molecule has 0 atom stereocenters. The lowest BCUT2D eigenvalue weighted by atomic mass is 10.2. The molecule has 0 radical (unpaired) electrons. The fourth-order valence-corrected chi connectivity index (χ4v) is 2.14. The van der Waals surface area contributed by atoms with Gasteiger partial charge >= 0.3 is 0 Å². The van der Waals surface area contributed by atoms with Crippen molar-refractivity contribution >= 4 is 16.9 Å². The van der Waals surface area contributed by atoms with E-state index >= 15 is 0 Å². The molecule has 4 nitrogen and oxygen atoms in total. The molecule has 2 aromatic heterocycles. The lowest BCUT2D eigenvalue weighted by molar-refractivity contribution is -0.134. The first-order valence-electron chi connectivity index (χ1n) is 6.02. The number of pyridine rings is 1. The number of carbonyl (C=O) groups is 1. The summed E-state index contributed by atoms with van der Waals surface area (Å²) in [5, 5.41) is 1.13. The first kappa shape index (κ1) is 10.3. The van der Waals surface area contributed by atoms with Gasteiger partial charge in [-0.1, -0.05) is 0 Å². The van der Waals surface area contributed by atoms with Crippen LogP contribution in [0.15, 0.2) is 30.6 Å². The van der Waals surface area contributed by atoms with Gasteiger partial charge in [-0.15, -0.1) is 0 Å². The first-order valence-corrected chi connectivity index (χ1v) is 6.02. The summed E-state index contributed by atoms with van der Waals surface area (Å²) in [6.07, 6.45) is 5.51. The van der Waals surface area contributed by atoms with Crippen LogP contribution in [0.5, 0.6) is 0 Å². The van der Waals surface area contributed by atoms with Crippen LogP contribution >= 0.6 is 0 Å². The predicted octanol–water partition coefficient (Wildman–Crippen LogP) is 1.66. The van der Waals surface area contributed by atoms with Crippen molar-refractivity contribution < 1.29 is 4.79 Å². The summed E-state index contributed by atoms with van der Waals surface area (Å²) in [4.78, 5) is 18.0. The predicted molar refractivity (Wildman–Crippen MR) is 65.5 cm³/mol. The molecule has 0 bridgehead atoms. The molecule has 0 N–H and O–H groups in total. The van der Waals surface area contributed by atoms with Gasteiger partial charge in [0.05, 0.1) is 0 Å². The van der Waals surface area contributed by atoms with Gasteiger partial charge in [0.15, 0.2) is 0 Å². The summed E-state index contributed by atoms with van der Waals surface area (Å²) in [7, 11) is 0. The fraction of sp³-hybridized carbons (Fsp3) is 0.385. The van der Waals surface area contributed by atoms with Crippen LogP contribution in [0.4, 0.5) is 0 Å². The van der Waals surface area contributed by atoms with Gasteiger partial charge < -0.3 is 9.47 Å². The summed E-state index contributed by atoms with van der Waals surface area (Å²) in [6, 6.07) is 6.00. The molecule has 0 spiro atoms. The van der Waals surface area contributed by atoms with E-state index in [1.165, 1.54) is 0 Å². The molecule has 1 fully saturated rings. The van der Waals surface area contributed by atoms with E-state index in [9.17, 15) is 4.79 Å². The van der Waals surface area contributed by atoms with Gasteiger partial charge in [-0.3, -0.25) is 4.79 Å². The quantitative estimate of drug-likeness (QED) is 0.802. The second kappa shape index (κ2) is 4.20. The molecule has 4 heteroatoms. The largest absolute Gasteiger partial charge is 0.343 e. The number of aryl methyl sites for hydroxylation is 1. The zero-order valence-electron chi connectivity index (χ0n) is 9.67. The van der Waals surface area contributed by atoms with Gasteiger partial charge in [0.25, 0.3) is 0 Å². The Kier molecular flexibility index (Phi) is 2.55. The molecule has 1 aliphatic heterocycles. The first-order chi connectivity index (χ1) is 8.34. The minimum atomic E-state index is 0.258. The Morgan fingerprint density at radius 2 is 2.24 bits per heavy atom. The van der Waals surface area contributed by atoms with Gasteiger partial charge in [0.1, 0.15) is 5.65 Å². The van der Waals surface area contributed by atoms with E-state index in [0.29, 0.717) is 6.42 Å². The summed E-state index contributed by atoms with van der Waals surface area (Å²) in [6.45, 7) is 2.59. The highest BCUT2D eigenvalue weighted by Crippen LogP contribution is 2.14. The van der Waals surface area contributed by atoms with Crippen LogP contribution in [0.25, 0.3) is 11.0 Å². The van der Waals surface area contributed by atoms with Crippen LogP contribution in [0.2, 0.25) is 0 Å². The van der Waals surface area contributed by atoms with E-state index in [1.807, 2.05) is 33.9 Å². The summed E-state index contributed by atoms with van der Waals surface area (Å²) < 4.78 is 2.05. The standard InChI is InChI=1S/C13H15N3O/c17-12(15-7-2-8-15)5-10-16-9-4-11-3-1-6-14-13(11)16/h1,3-4,6,9H,2,5,7-8,10H2. The molecule has 88 valence electrons. The molecule has 2 aromatic rings. The Labute approximate surface area is 99.9 Å². The van der Waals surface area contributed by atoms with Crippen molar-refractivity contribution in [1.82, 2.24) is 14.5 Å². The average Bonchev–Trinajstić information content (AvgIpc) is 2.67. The van der Waals surface area contributed by atoms with Crippen LogP contribution in [-0.2, 0) is 11.3 Å². The molecule has 0 aromatic carbocycles. The van der Waals surface area contributed by atoms with Gasteiger partial charge in [-0.05, 0) is 24.6 Å². The number of fused-ring (bicyclic) bond motifs is 1. The number of nitrogens with zero attached hydrogens (tertiary/aromatic N) is 3. The zero-order valence-corrected chi connectivity index (χ0v) is 9.67. The monoisotopic (exact) mass is 229 g/mol. The minimum Gasteiger partial charge on any atom is -0.343 e. The normalized spacial score (nSPS) is 14.9. The van der Waals surface area contributed by atoms with Gasteiger partial charge in [0, 0.05) is 43.8 Å². The summed E-state index contributed by atoms with van der Waals surface area (Å²) >= 11 is 0. The van der Waals surface area contributed by atoms with Crippen molar-refractivity contribution in [2.24, 2.45) is 0 Å². The number of rotatable bonds is 3. The van der Waals surface area contributed by atoms with E-state index in [1.54, 1.807) is 6.20 Å². The maximum absolute atomic E-state index is 11.7. The van der Waals surface area contributed by atoms with Crippen LogP contribution in [0.1, 0.15) is 12.8 Å². The Morgan fingerprint density at radius 1 is 1.35 bits per heavy atom. The summed E-state index contributed by atoms with van der Waals surface area (Å²) in [5.41, 5.74) is 0.962. The maximum atomic E-state index is 11.7. The number of likely N-dealkylation sites (tertiary alicyclic amines) is 1. The summed E-state index contributed by atoms with van der Waals surface area (Å²) in [5.74, 6) is 0.258. The number of hydrogen-bond acceptors (Lipinski definition) is 2. The highest BCUT2D eigenvalue weighted by molar-refractivity contribution is 5.78. The molecule has 1 aliphatic rings. The molecule has 1 amide bonds. The average molecular weight is 229 g/mol. The topological polar surface area (TPSA) is 38.1 Å². The van der Waals surface area contributed by atoms with Crippen molar-refractivity contribution in [2.75, 3.05) is 13.1 Å². The SMILES string of the molecule is O=C(CCn1ccc2cccnc21)N1CCC1. The molecule has 17 heavy (non-hydrogen) atoms.